The van der Waals surface area contributed by atoms with E-state index in [0.29, 0.717) is 11.9 Å². The number of fused-ring (bicyclic) bond motifs is 1. The Hall–Kier alpha value is -3.72. The first-order valence-corrected chi connectivity index (χ1v) is 11.5. The van der Waals surface area contributed by atoms with E-state index in [1.807, 2.05) is 19.1 Å². The number of hydrogen-bond donors (Lipinski definition) is 1. The van der Waals surface area contributed by atoms with Crippen LogP contribution in [0, 0.1) is 6.92 Å². The number of hydrogen-bond acceptors (Lipinski definition) is 4. The quantitative estimate of drug-likeness (QED) is 0.424. The lowest BCUT2D eigenvalue weighted by molar-refractivity contribution is -0.0498. The van der Waals surface area contributed by atoms with Gasteiger partial charge in [-0.15, -0.1) is 0 Å². The molecule has 0 saturated carbocycles. The zero-order valence-corrected chi connectivity index (χ0v) is 18.4. The minimum atomic E-state index is -4.04. The van der Waals surface area contributed by atoms with Gasteiger partial charge in [0, 0.05) is 23.6 Å². The lowest BCUT2D eigenvalue weighted by Gasteiger charge is -2.08. The van der Waals surface area contributed by atoms with E-state index in [1.165, 1.54) is 24.3 Å². The number of rotatable bonds is 7. The molecule has 4 rings (SSSR count). The van der Waals surface area contributed by atoms with Crippen LogP contribution in [0.15, 0.2) is 83.9 Å². The molecule has 0 radical (unpaired) electrons. The highest BCUT2D eigenvalue weighted by atomic mass is 32.2. The van der Waals surface area contributed by atoms with Crippen molar-refractivity contribution < 1.29 is 26.7 Å². The Morgan fingerprint density at radius 1 is 1.00 bits per heavy atom. The molecule has 1 amide bonds. The highest BCUT2D eigenvalue weighted by Gasteiger charge is 2.22. The van der Waals surface area contributed by atoms with Gasteiger partial charge in [0.1, 0.15) is 5.75 Å². The summed E-state index contributed by atoms with van der Waals surface area (Å²) < 4.78 is 58.3. The molecule has 1 N–H and O–H groups in total. The summed E-state index contributed by atoms with van der Waals surface area (Å²) in [6, 6.07) is 19.5. The van der Waals surface area contributed by atoms with Crippen molar-refractivity contribution in [3.8, 4) is 5.75 Å². The van der Waals surface area contributed by atoms with Crippen LogP contribution < -0.4 is 9.46 Å². The Kier molecular flexibility index (Phi) is 6.15. The van der Waals surface area contributed by atoms with Crippen LogP contribution in [-0.2, 0) is 16.6 Å². The third-order valence-electron chi connectivity index (χ3n) is 5.09. The van der Waals surface area contributed by atoms with E-state index in [1.54, 1.807) is 47.2 Å². The van der Waals surface area contributed by atoms with Gasteiger partial charge in [-0.2, -0.15) is 8.78 Å². The molecule has 6 nitrogen and oxygen atoms in total. The molecule has 0 bridgehead atoms. The van der Waals surface area contributed by atoms with E-state index < -0.39 is 22.5 Å². The number of para-hydroxylation sites is 1. The maximum absolute atomic E-state index is 12.9. The number of ether oxygens (including phenoxy) is 1. The summed E-state index contributed by atoms with van der Waals surface area (Å²) >= 11 is 0. The average Bonchev–Trinajstić information content (AvgIpc) is 3.13. The maximum atomic E-state index is 12.9. The highest BCUT2D eigenvalue weighted by molar-refractivity contribution is 7.90. The Morgan fingerprint density at radius 2 is 1.67 bits per heavy atom. The minimum absolute atomic E-state index is 0.00343. The molecule has 0 unspecified atom stereocenters. The summed E-state index contributed by atoms with van der Waals surface area (Å²) in [6.07, 6.45) is 1.58. The standard InChI is InChI=1S/C24H20F2N2O4S/c1-16-6-12-19(13-7-16)33(30,31)27-23(29)21-15-28(22-5-3-2-4-20(21)22)14-17-8-10-18(11-9-17)32-24(25)26/h2-13,15,24H,14H2,1H3,(H,27,29). The average molecular weight is 470 g/mol. The highest BCUT2D eigenvalue weighted by Crippen LogP contribution is 2.24. The first-order valence-electron chi connectivity index (χ1n) is 9.98. The van der Waals surface area contributed by atoms with E-state index in [4.69, 9.17) is 0 Å². The van der Waals surface area contributed by atoms with Gasteiger partial charge >= 0.3 is 6.61 Å². The predicted octanol–water partition coefficient (Wildman–Crippen LogP) is 4.72. The molecule has 1 aromatic heterocycles. The Morgan fingerprint density at radius 3 is 2.33 bits per heavy atom. The van der Waals surface area contributed by atoms with Gasteiger partial charge in [0.25, 0.3) is 15.9 Å². The molecule has 3 aromatic carbocycles. The number of nitrogens with one attached hydrogen (secondary N) is 1. The second kappa shape index (κ2) is 9.03. The van der Waals surface area contributed by atoms with Crippen molar-refractivity contribution in [3.05, 3.63) is 95.7 Å². The second-order valence-electron chi connectivity index (χ2n) is 7.46. The first kappa shape index (κ1) is 22.5. The molecule has 0 spiro atoms. The summed E-state index contributed by atoms with van der Waals surface area (Å²) in [7, 11) is -4.04. The van der Waals surface area contributed by atoms with Gasteiger partial charge in [0.15, 0.2) is 0 Å². The fourth-order valence-corrected chi connectivity index (χ4v) is 4.45. The molecular weight excluding hydrogens is 450 g/mol. The van der Waals surface area contributed by atoms with Crippen molar-refractivity contribution in [2.75, 3.05) is 0 Å². The Balaban J connectivity index is 1.61. The third-order valence-corrected chi connectivity index (χ3v) is 6.44. The molecule has 1 heterocycles. The van der Waals surface area contributed by atoms with E-state index in [-0.39, 0.29) is 16.2 Å². The molecule has 170 valence electrons. The number of sulfonamides is 1. The molecule has 0 saturated heterocycles. The number of amides is 1. The molecule has 0 aliphatic rings. The van der Waals surface area contributed by atoms with Crippen LogP contribution >= 0.6 is 0 Å². The van der Waals surface area contributed by atoms with Crippen LogP contribution in [0.5, 0.6) is 5.75 Å². The Bertz CT molecular complexity index is 1400. The number of nitrogens with zero attached hydrogens (tertiary/aromatic N) is 1. The first-order chi connectivity index (χ1) is 15.7. The van der Waals surface area contributed by atoms with Crippen LogP contribution in [0.25, 0.3) is 10.9 Å². The molecular formula is C24H20F2N2O4S. The fraction of sp³-hybridized carbons (Fsp3) is 0.125. The third kappa shape index (κ3) is 5.04. The SMILES string of the molecule is Cc1ccc(S(=O)(=O)NC(=O)c2cn(Cc3ccc(OC(F)F)cc3)c3ccccc23)cc1. The minimum Gasteiger partial charge on any atom is -0.435 e. The summed E-state index contributed by atoms with van der Waals surface area (Å²) in [5.74, 6) is -0.696. The van der Waals surface area contributed by atoms with E-state index >= 15 is 0 Å². The number of carbonyl (C=O) groups is 1. The van der Waals surface area contributed by atoms with Crippen LogP contribution in [0.1, 0.15) is 21.5 Å². The van der Waals surface area contributed by atoms with E-state index in [9.17, 15) is 22.0 Å². The van der Waals surface area contributed by atoms with Gasteiger partial charge in [-0.05, 0) is 42.8 Å². The van der Waals surface area contributed by atoms with Gasteiger partial charge in [-0.25, -0.2) is 13.1 Å². The molecule has 0 fully saturated rings. The van der Waals surface area contributed by atoms with Gasteiger partial charge in [0.2, 0.25) is 0 Å². The second-order valence-corrected chi connectivity index (χ2v) is 9.14. The van der Waals surface area contributed by atoms with Gasteiger partial charge in [0.05, 0.1) is 10.5 Å². The lowest BCUT2D eigenvalue weighted by Crippen LogP contribution is -2.30. The van der Waals surface area contributed by atoms with Crippen molar-refractivity contribution in [1.82, 2.24) is 9.29 Å². The molecule has 0 aliphatic carbocycles. The van der Waals surface area contributed by atoms with Gasteiger partial charge in [-0.3, -0.25) is 4.79 Å². The van der Waals surface area contributed by atoms with Crippen molar-refractivity contribution in [2.45, 2.75) is 25.0 Å². The monoisotopic (exact) mass is 470 g/mol. The largest absolute Gasteiger partial charge is 0.435 e. The van der Waals surface area contributed by atoms with Crippen LogP contribution in [0.3, 0.4) is 0 Å². The number of carbonyl (C=O) groups excluding carboxylic acids is 1. The smallest absolute Gasteiger partial charge is 0.387 e. The molecule has 9 heteroatoms. The zero-order valence-electron chi connectivity index (χ0n) is 17.5. The van der Waals surface area contributed by atoms with Crippen LogP contribution in [-0.4, -0.2) is 25.5 Å². The lowest BCUT2D eigenvalue weighted by atomic mass is 10.2. The number of aryl methyl sites for hydroxylation is 1. The topological polar surface area (TPSA) is 77.4 Å². The predicted molar refractivity (Wildman–Crippen MR) is 120 cm³/mol. The number of benzene rings is 3. The summed E-state index contributed by atoms with van der Waals surface area (Å²) in [5, 5.41) is 0.590. The zero-order chi connectivity index (χ0) is 23.6. The van der Waals surface area contributed by atoms with E-state index in [2.05, 4.69) is 9.46 Å². The van der Waals surface area contributed by atoms with Crippen molar-refractivity contribution in [1.29, 1.82) is 0 Å². The molecule has 0 aliphatic heterocycles. The maximum Gasteiger partial charge on any atom is 0.387 e. The van der Waals surface area contributed by atoms with Crippen molar-refractivity contribution in [2.24, 2.45) is 0 Å². The van der Waals surface area contributed by atoms with E-state index in [0.717, 1.165) is 16.6 Å². The normalized spacial score (nSPS) is 11.6. The number of aromatic nitrogens is 1. The fourth-order valence-electron chi connectivity index (χ4n) is 3.48. The van der Waals surface area contributed by atoms with Crippen LogP contribution in [0.2, 0.25) is 0 Å². The van der Waals surface area contributed by atoms with Crippen molar-refractivity contribution in [3.63, 3.8) is 0 Å². The molecule has 4 aromatic rings. The number of halogens is 2. The van der Waals surface area contributed by atoms with Gasteiger partial charge in [-0.1, -0.05) is 48.0 Å². The molecule has 33 heavy (non-hydrogen) atoms. The Labute approximate surface area is 189 Å². The number of alkyl halides is 2. The van der Waals surface area contributed by atoms with Crippen molar-refractivity contribution >= 4 is 26.8 Å². The summed E-state index contributed by atoms with van der Waals surface area (Å²) in [4.78, 5) is 12.9. The van der Waals surface area contributed by atoms with Crippen LogP contribution in [0.4, 0.5) is 8.78 Å². The van der Waals surface area contributed by atoms with Gasteiger partial charge < -0.3 is 9.30 Å². The molecule has 0 atom stereocenters. The summed E-state index contributed by atoms with van der Waals surface area (Å²) in [6.45, 7) is -0.724. The summed E-state index contributed by atoms with van der Waals surface area (Å²) in [5.41, 5.74) is 2.62.